The lowest BCUT2D eigenvalue weighted by Crippen LogP contribution is -2.47. The lowest BCUT2D eigenvalue weighted by Gasteiger charge is -2.37. The summed E-state index contributed by atoms with van der Waals surface area (Å²) in [6.45, 7) is 9.11. The predicted molar refractivity (Wildman–Crippen MR) is 158 cm³/mol. The average Bonchev–Trinajstić information content (AvgIpc) is 3.33. The molecule has 9 heteroatoms. The first kappa shape index (κ1) is 28.0. The van der Waals surface area contributed by atoms with E-state index in [9.17, 15) is 9.59 Å². The van der Waals surface area contributed by atoms with Gasteiger partial charge >= 0.3 is 5.97 Å². The van der Waals surface area contributed by atoms with Gasteiger partial charge in [-0.2, -0.15) is 0 Å². The fourth-order valence-electron chi connectivity index (χ4n) is 5.06. The summed E-state index contributed by atoms with van der Waals surface area (Å²) in [6, 6.07) is 17.3. The van der Waals surface area contributed by atoms with Gasteiger partial charge in [0, 0.05) is 31.9 Å². The normalized spacial score (nSPS) is 19.4. The number of piperazine rings is 1. The highest BCUT2D eigenvalue weighted by Crippen LogP contribution is 2.45. The third-order valence-corrected chi connectivity index (χ3v) is 8.06. The molecule has 2 aromatic carbocycles. The Hall–Kier alpha value is -3.56. The van der Waals surface area contributed by atoms with Crippen molar-refractivity contribution in [3.63, 3.8) is 0 Å². The summed E-state index contributed by atoms with van der Waals surface area (Å²) in [7, 11) is 2.07. The summed E-state index contributed by atoms with van der Waals surface area (Å²) < 4.78 is 11.8. The number of allylic oxidation sites excluding steroid dienone is 1. The molecule has 3 aliphatic rings. The molecule has 5 rings (SSSR count). The fourth-order valence-corrected chi connectivity index (χ4v) is 6.03. The topological polar surface area (TPSA) is 74.7 Å². The first-order valence-electron chi connectivity index (χ1n) is 13.7. The van der Waals surface area contributed by atoms with Crippen molar-refractivity contribution in [2.45, 2.75) is 45.9 Å². The molecule has 3 aliphatic heterocycles. The van der Waals surface area contributed by atoms with Gasteiger partial charge in [0.1, 0.15) is 12.4 Å². The van der Waals surface area contributed by atoms with Gasteiger partial charge < -0.3 is 24.2 Å². The molecule has 1 fully saturated rings. The number of hydrogen-bond acceptors (Lipinski definition) is 8. The second-order valence-corrected chi connectivity index (χ2v) is 11.4. The molecule has 0 spiro atoms. The van der Waals surface area contributed by atoms with Gasteiger partial charge in [0.25, 0.3) is 0 Å². The number of benzene rings is 2. The van der Waals surface area contributed by atoms with Gasteiger partial charge in [-0.05, 0) is 56.5 Å². The number of aliphatic imine (C=N–C) groups is 1. The molecule has 0 aromatic heterocycles. The Morgan fingerprint density at radius 3 is 2.52 bits per heavy atom. The van der Waals surface area contributed by atoms with Crippen LogP contribution in [-0.4, -0.2) is 71.1 Å². The molecular formula is C31H36N4O4S. The van der Waals surface area contributed by atoms with Gasteiger partial charge in [0.15, 0.2) is 5.17 Å². The van der Waals surface area contributed by atoms with E-state index in [1.165, 1.54) is 11.8 Å². The molecule has 3 heterocycles. The number of amides is 1. The second-order valence-electron chi connectivity index (χ2n) is 10.6. The van der Waals surface area contributed by atoms with E-state index in [0.29, 0.717) is 36.7 Å². The summed E-state index contributed by atoms with van der Waals surface area (Å²) in [4.78, 5) is 37.8. The van der Waals surface area contributed by atoms with Crippen LogP contribution in [0.25, 0.3) is 0 Å². The van der Waals surface area contributed by atoms with E-state index in [0.717, 1.165) is 35.1 Å². The number of fused-ring (bicyclic) bond motifs is 1. The molecule has 0 N–H and O–H groups in total. The van der Waals surface area contributed by atoms with E-state index in [-0.39, 0.29) is 18.4 Å². The number of esters is 1. The van der Waals surface area contributed by atoms with E-state index in [1.807, 2.05) is 90.6 Å². The quantitative estimate of drug-likeness (QED) is 0.423. The lowest BCUT2D eigenvalue weighted by atomic mass is 9.93. The lowest BCUT2D eigenvalue weighted by molar-refractivity contribution is -0.143. The zero-order chi connectivity index (χ0) is 28.2. The Kier molecular flexibility index (Phi) is 8.61. The maximum absolute atomic E-state index is 13.5. The number of carbonyl (C=O) groups is 2. The van der Waals surface area contributed by atoms with Crippen LogP contribution in [0.4, 0.5) is 0 Å². The van der Waals surface area contributed by atoms with Crippen LogP contribution in [0, 0.1) is 0 Å². The number of thioether (sulfide) groups is 1. The molecule has 2 aromatic rings. The molecule has 210 valence electrons. The van der Waals surface area contributed by atoms with Crippen molar-refractivity contribution in [2.24, 2.45) is 4.99 Å². The van der Waals surface area contributed by atoms with Crippen LogP contribution in [0.5, 0.6) is 5.75 Å². The van der Waals surface area contributed by atoms with E-state index < -0.39 is 12.0 Å². The highest BCUT2D eigenvalue weighted by atomic mass is 32.2. The zero-order valence-electron chi connectivity index (χ0n) is 23.5. The van der Waals surface area contributed by atoms with Gasteiger partial charge in [-0.1, -0.05) is 54.2 Å². The zero-order valence-corrected chi connectivity index (χ0v) is 24.3. The number of hydrogen-bond donors (Lipinski definition) is 0. The molecule has 0 bridgehead atoms. The Bertz CT molecular complexity index is 1350. The molecule has 1 amide bonds. The second kappa shape index (κ2) is 12.3. The minimum absolute atomic E-state index is 0.0810. The first-order valence-corrected chi connectivity index (χ1v) is 14.6. The Morgan fingerprint density at radius 2 is 1.80 bits per heavy atom. The van der Waals surface area contributed by atoms with Gasteiger partial charge in [0.2, 0.25) is 5.91 Å². The monoisotopic (exact) mass is 560 g/mol. The third kappa shape index (κ3) is 6.26. The molecular weight excluding hydrogens is 524 g/mol. The summed E-state index contributed by atoms with van der Waals surface area (Å²) in [6.07, 6.45) is -0.0386. The molecule has 1 saturated heterocycles. The Balaban J connectivity index is 1.45. The molecule has 40 heavy (non-hydrogen) atoms. The van der Waals surface area contributed by atoms with Crippen LogP contribution in [0.2, 0.25) is 0 Å². The van der Waals surface area contributed by atoms with Crippen LogP contribution in [0.1, 0.15) is 44.4 Å². The van der Waals surface area contributed by atoms with Gasteiger partial charge in [-0.3, -0.25) is 4.79 Å². The average molecular weight is 561 g/mol. The fraction of sp³-hybridized carbons (Fsp3) is 0.387. The minimum Gasteiger partial charge on any atom is -0.489 e. The SMILES string of the molecule is CC1=C(C(=O)OC(C)C)C(c2cccc(OCc3ccccc3)c2)N2C(CC(=O)N3CCN(C)CC3)=CSC2=N1. The van der Waals surface area contributed by atoms with Gasteiger partial charge in [0.05, 0.1) is 29.8 Å². The third-order valence-electron chi connectivity index (χ3n) is 7.17. The van der Waals surface area contributed by atoms with Gasteiger partial charge in [-0.15, -0.1) is 0 Å². The molecule has 0 radical (unpaired) electrons. The van der Waals surface area contributed by atoms with Gasteiger partial charge in [-0.25, -0.2) is 9.79 Å². The highest BCUT2D eigenvalue weighted by molar-refractivity contribution is 8.16. The van der Waals surface area contributed by atoms with Crippen LogP contribution >= 0.6 is 11.8 Å². The predicted octanol–water partition coefficient (Wildman–Crippen LogP) is 4.96. The molecule has 1 atom stereocenters. The Labute approximate surface area is 240 Å². The molecule has 1 unspecified atom stereocenters. The number of likely N-dealkylation sites (N-methyl/N-ethyl adjacent to an activating group) is 1. The molecule has 8 nitrogen and oxygen atoms in total. The van der Waals surface area contributed by atoms with Crippen molar-refractivity contribution in [1.82, 2.24) is 14.7 Å². The standard InChI is InChI=1S/C31H36N4O4S/c1-21(2)39-30(37)28-22(3)32-31-35(25(20-40-31)18-27(36)34-15-13-33(4)14-16-34)29(28)24-11-8-12-26(17-24)38-19-23-9-6-5-7-10-23/h5-12,17,20-21,29H,13-16,18-19H2,1-4H3. The van der Waals surface area contributed by atoms with E-state index >= 15 is 0 Å². The van der Waals surface area contributed by atoms with Crippen LogP contribution in [-0.2, 0) is 20.9 Å². The summed E-state index contributed by atoms with van der Waals surface area (Å²) in [5.41, 5.74) is 3.85. The van der Waals surface area contributed by atoms with Crippen molar-refractivity contribution in [1.29, 1.82) is 0 Å². The maximum Gasteiger partial charge on any atom is 0.338 e. The first-order chi connectivity index (χ1) is 19.3. The van der Waals surface area contributed by atoms with Crippen molar-refractivity contribution in [2.75, 3.05) is 33.2 Å². The minimum atomic E-state index is -0.499. The summed E-state index contributed by atoms with van der Waals surface area (Å²) >= 11 is 1.48. The van der Waals surface area contributed by atoms with Crippen molar-refractivity contribution in [3.05, 3.63) is 88.1 Å². The summed E-state index contributed by atoms with van der Waals surface area (Å²) in [5, 5.41) is 2.74. The molecule has 0 saturated carbocycles. The van der Waals surface area contributed by atoms with E-state index in [2.05, 4.69) is 11.9 Å². The number of rotatable bonds is 8. The van der Waals surface area contributed by atoms with Crippen LogP contribution in [0.3, 0.4) is 0 Å². The number of nitrogens with zero attached hydrogens (tertiary/aromatic N) is 4. The number of ether oxygens (including phenoxy) is 2. The van der Waals surface area contributed by atoms with Crippen LogP contribution in [0.15, 0.2) is 82.0 Å². The highest BCUT2D eigenvalue weighted by Gasteiger charge is 2.41. The van der Waals surface area contributed by atoms with Crippen molar-refractivity contribution >= 4 is 28.8 Å². The number of carbonyl (C=O) groups excluding carboxylic acids is 2. The molecule has 0 aliphatic carbocycles. The maximum atomic E-state index is 13.5. The Morgan fingerprint density at radius 1 is 1.05 bits per heavy atom. The van der Waals surface area contributed by atoms with Crippen molar-refractivity contribution in [3.8, 4) is 5.75 Å². The smallest absolute Gasteiger partial charge is 0.338 e. The summed E-state index contributed by atoms with van der Waals surface area (Å²) in [5.74, 6) is 0.376. The van der Waals surface area contributed by atoms with Crippen LogP contribution < -0.4 is 4.74 Å². The van der Waals surface area contributed by atoms with E-state index in [1.54, 1.807) is 0 Å². The largest absolute Gasteiger partial charge is 0.489 e. The van der Waals surface area contributed by atoms with E-state index in [4.69, 9.17) is 14.5 Å². The number of amidine groups is 1. The van der Waals surface area contributed by atoms with Crippen molar-refractivity contribution < 1.29 is 19.1 Å².